The van der Waals surface area contributed by atoms with Crippen molar-refractivity contribution < 1.29 is 14.0 Å². The van der Waals surface area contributed by atoms with Gasteiger partial charge in [0.15, 0.2) is 0 Å². The molecule has 1 fully saturated rings. The molecule has 1 saturated carbocycles. The van der Waals surface area contributed by atoms with Crippen LogP contribution in [0.15, 0.2) is 77.4 Å². The molecule has 158 valence electrons. The van der Waals surface area contributed by atoms with Gasteiger partial charge in [-0.25, -0.2) is 0 Å². The average molecular weight is 415 g/mol. The molecule has 1 aliphatic carbocycles. The summed E-state index contributed by atoms with van der Waals surface area (Å²) in [5.41, 5.74) is 2.05. The maximum absolute atomic E-state index is 13.7. The van der Waals surface area contributed by atoms with Gasteiger partial charge >= 0.3 is 0 Å². The molecule has 2 heterocycles. The Kier molecular flexibility index (Phi) is 5.10. The third-order valence-electron chi connectivity index (χ3n) is 6.75. The molecular formula is C26H26N2O3. The first-order valence-corrected chi connectivity index (χ1v) is 10.9. The Morgan fingerprint density at radius 3 is 2.48 bits per heavy atom. The number of fused-ring (bicyclic) bond motifs is 1. The van der Waals surface area contributed by atoms with Crippen LogP contribution in [0.2, 0.25) is 0 Å². The molecule has 2 aromatic carbocycles. The Hall–Kier alpha value is -3.34. The lowest BCUT2D eigenvalue weighted by Gasteiger charge is -2.50. The van der Waals surface area contributed by atoms with Gasteiger partial charge in [0, 0.05) is 12.1 Å². The van der Waals surface area contributed by atoms with E-state index in [1.807, 2.05) is 71.6 Å². The average Bonchev–Trinajstić information content (AvgIpc) is 3.49. The van der Waals surface area contributed by atoms with Crippen LogP contribution in [0.3, 0.4) is 0 Å². The van der Waals surface area contributed by atoms with Gasteiger partial charge in [-0.2, -0.15) is 0 Å². The summed E-state index contributed by atoms with van der Waals surface area (Å²) in [6.07, 6.45) is 5.30. The van der Waals surface area contributed by atoms with E-state index in [4.69, 9.17) is 4.42 Å². The van der Waals surface area contributed by atoms with Crippen LogP contribution in [0.25, 0.3) is 0 Å². The van der Waals surface area contributed by atoms with Crippen LogP contribution in [0, 0.1) is 0 Å². The Morgan fingerprint density at radius 2 is 1.74 bits per heavy atom. The number of benzene rings is 2. The lowest BCUT2D eigenvalue weighted by molar-refractivity contribution is -0.126. The van der Waals surface area contributed by atoms with Gasteiger partial charge in [-0.05, 0) is 42.2 Å². The van der Waals surface area contributed by atoms with Crippen LogP contribution in [-0.2, 0) is 17.9 Å². The molecule has 1 aromatic heterocycles. The molecule has 0 unspecified atom stereocenters. The maximum atomic E-state index is 13.7. The van der Waals surface area contributed by atoms with Crippen molar-refractivity contribution in [1.29, 1.82) is 0 Å². The molecule has 0 saturated heterocycles. The molecule has 5 nitrogen and oxygen atoms in total. The van der Waals surface area contributed by atoms with Gasteiger partial charge in [-0.3, -0.25) is 9.59 Å². The molecule has 1 N–H and O–H groups in total. The smallest absolute Gasteiger partial charge is 0.254 e. The monoisotopic (exact) mass is 414 g/mol. The highest BCUT2D eigenvalue weighted by molar-refractivity contribution is 6.02. The van der Waals surface area contributed by atoms with Crippen LogP contribution < -0.4 is 5.32 Å². The summed E-state index contributed by atoms with van der Waals surface area (Å²) in [4.78, 5) is 29.3. The fourth-order valence-electron chi connectivity index (χ4n) is 5.35. The van der Waals surface area contributed by atoms with E-state index >= 15 is 0 Å². The van der Waals surface area contributed by atoms with E-state index in [2.05, 4.69) is 5.32 Å². The van der Waals surface area contributed by atoms with E-state index < -0.39 is 11.5 Å². The minimum Gasteiger partial charge on any atom is -0.467 e. The van der Waals surface area contributed by atoms with Gasteiger partial charge in [0.05, 0.1) is 24.3 Å². The van der Waals surface area contributed by atoms with E-state index in [0.717, 1.165) is 42.6 Å². The van der Waals surface area contributed by atoms with E-state index in [9.17, 15) is 9.59 Å². The van der Waals surface area contributed by atoms with Crippen molar-refractivity contribution in [2.75, 3.05) is 0 Å². The number of furan rings is 1. The zero-order valence-electron chi connectivity index (χ0n) is 17.4. The van der Waals surface area contributed by atoms with Crippen LogP contribution in [0.1, 0.15) is 58.8 Å². The van der Waals surface area contributed by atoms with E-state index in [1.165, 1.54) is 0 Å². The lowest BCUT2D eigenvalue weighted by Crippen LogP contribution is -2.60. The number of carbonyl (C=O) groups excluding carboxylic acids is 2. The van der Waals surface area contributed by atoms with Crippen molar-refractivity contribution in [2.24, 2.45) is 0 Å². The third kappa shape index (κ3) is 3.44. The van der Waals surface area contributed by atoms with Crippen molar-refractivity contribution in [3.63, 3.8) is 0 Å². The summed E-state index contributed by atoms with van der Waals surface area (Å²) in [5, 5.41) is 3.08. The van der Waals surface area contributed by atoms with Crippen molar-refractivity contribution in [3.8, 4) is 0 Å². The summed E-state index contributed by atoms with van der Waals surface area (Å²) in [5.74, 6) is 0.297. The van der Waals surface area contributed by atoms with Gasteiger partial charge in [0.25, 0.3) is 5.91 Å². The number of nitrogens with zero attached hydrogens (tertiary/aromatic N) is 1. The molecule has 1 spiro atoms. The third-order valence-corrected chi connectivity index (χ3v) is 6.75. The SMILES string of the molecule is O=C(NCc1ccco1)[C@H]1c2ccccc2C(=O)N(Cc2ccccc2)C12CCCC2. The minimum absolute atomic E-state index is 0.0245. The van der Waals surface area contributed by atoms with E-state index in [0.29, 0.717) is 18.7 Å². The summed E-state index contributed by atoms with van der Waals surface area (Å²) in [6, 6.07) is 21.3. The second kappa shape index (κ2) is 8.06. The summed E-state index contributed by atoms with van der Waals surface area (Å²) < 4.78 is 5.40. The van der Waals surface area contributed by atoms with Crippen molar-refractivity contribution in [2.45, 2.75) is 50.2 Å². The number of rotatable bonds is 5. The largest absolute Gasteiger partial charge is 0.467 e. The predicted molar refractivity (Wildman–Crippen MR) is 117 cm³/mol. The summed E-state index contributed by atoms with van der Waals surface area (Å²) in [6.45, 7) is 0.850. The fourth-order valence-corrected chi connectivity index (χ4v) is 5.35. The zero-order valence-corrected chi connectivity index (χ0v) is 17.4. The van der Waals surface area contributed by atoms with Gasteiger partial charge in [-0.1, -0.05) is 61.4 Å². The molecule has 5 heteroatoms. The maximum Gasteiger partial charge on any atom is 0.254 e. The molecule has 0 radical (unpaired) electrons. The van der Waals surface area contributed by atoms with E-state index in [-0.39, 0.29) is 11.8 Å². The van der Waals surface area contributed by atoms with Crippen LogP contribution in [-0.4, -0.2) is 22.3 Å². The molecule has 2 aliphatic rings. The standard InChI is InChI=1S/C26H26N2O3/c29-24(27-17-20-11-8-16-31-20)23-21-12-4-5-13-22(21)25(30)28(26(23)14-6-7-15-26)18-19-9-2-1-3-10-19/h1-5,8-13,16,23H,6-7,14-15,17-18H2,(H,27,29)/t23-/m1/s1. The first-order chi connectivity index (χ1) is 15.2. The first kappa shape index (κ1) is 19.6. The number of amides is 2. The zero-order chi connectivity index (χ0) is 21.3. The van der Waals surface area contributed by atoms with Crippen LogP contribution in [0.5, 0.6) is 0 Å². The summed E-state index contributed by atoms with van der Waals surface area (Å²) >= 11 is 0. The molecule has 3 aromatic rings. The molecular weight excluding hydrogens is 388 g/mol. The Balaban J connectivity index is 1.56. The van der Waals surface area contributed by atoms with Crippen LogP contribution in [0.4, 0.5) is 0 Å². The highest BCUT2D eigenvalue weighted by atomic mass is 16.3. The number of hydrogen-bond acceptors (Lipinski definition) is 3. The molecule has 1 aliphatic heterocycles. The number of nitrogens with one attached hydrogen (secondary N) is 1. The normalized spacial score (nSPS) is 19.4. The predicted octanol–water partition coefficient (Wildman–Crippen LogP) is 4.65. The summed E-state index contributed by atoms with van der Waals surface area (Å²) in [7, 11) is 0. The Bertz CT molecular complexity index is 1070. The number of carbonyl (C=O) groups is 2. The lowest BCUT2D eigenvalue weighted by atomic mass is 9.71. The fraction of sp³-hybridized carbons (Fsp3) is 0.308. The van der Waals surface area contributed by atoms with Crippen molar-refractivity contribution >= 4 is 11.8 Å². The van der Waals surface area contributed by atoms with Gasteiger partial charge < -0.3 is 14.6 Å². The number of hydrogen-bond donors (Lipinski definition) is 1. The molecule has 0 bridgehead atoms. The van der Waals surface area contributed by atoms with E-state index in [1.54, 1.807) is 6.26 Å². The van der Waals surface area contributed by atoms with Crippen molar-refractivity contribution in [3.05, 3.63) is 95.4 Å². The molecule has 2 amide bonds. The second-order valence-corrected chi connectivity index (χ2v) is 8.51. The van der Waals surface area contributed by atoms with Crippen LogP contribution >= 0.6 is 0 Å². The Morgan fingerprint density at radius 1 is 1.00 bits per heavy atom. The molecule has 31 heavy (non-hydrogen) atoms. The van der Waals surface area contributed by atoms with Gasteiger partial charge in [-0.15, -0.1) is 0 Å². The van der Waals surface area contributed by atoms with Gasteiger partial charge in [0.2, 0.25) is 5.91 Å². The highest BCUT2D eigenvalue weighted by Gasteiger charge is 2.55. The second-order valence-electron chi connectivity index (χ2n) is 8.51. The molecule has 1 atom stereocenters. The van der Waals surface area contributed by atoms with Crippen molar-refractivity contribution in [1.82, 2.24) is 10.2 Å². The van der Waals surface area contributed by atoms with Gasteiger partial charge in [0.1, 0.15) is 5.76 Å². The highest BCUT2D eigenvalue weighted by Crippen LogP contribution is 2.50. The topological polar surface area (TPSA) is 62.6 Å². The minimum atomic E-state index is -0.505. The molecule has 5 rings (SSSR count). The first-order valence-electron chi connectivity index (χ1n) is 10.9. The Labute approximate surface area is 182 Å². The quantitative estimate of drug-likeness (QED) is 0.661.